The van der Waals surface area contributed by atoms with Gasteiger partial charge in [0.2, 0.25) is 0 Å². The van der Waals surface area contributed by atoms with Crippen LogP contribution >= 0.6 is 0 Å². The lowest BCUT2D eigenvalue weighted by Crippen LogP contribution is -2.19. The van der Waals surface area contributed by atoms with Crippen LogP contribution in [0.15, 0.2) is 12.1 Å². The highest BCUT2D eigenvalue weighted by Gasteiger charge is 2.13. The Hall–Kier alpha value is -1.71. The Labute approximate surface area is 95.7 Å². The molecule has 4 nitrogen and oxygen atoms in total. The van der Waals surface area contributed by atoms with Crippen LogP contribution in [-0.4, -0.2) is 24.7 Å². The number of anilines is 2. The summed E-state index contributed by atoms with van der Waals surface area (Å²) >= 11 is 0. The molecule has 0 heterocycles. The molecule has 0 aliphatic carbocycles. The van der Waals surface area contributed by atoms with Crippen molar-refractivity contribution in [3.63, 3.8) is 0 Å². The first-order chi connectivity index (χ1) is 7.47. The van der Waals surface area contributed by atoms with E-state index in [1.165, 1.54) is 0 Å². The lowest BCUT2D eigenvalue weighted by Gasteiger charge is -2.20. The molecular weight excluding hydrogens is 204 g/mol. The number of carboxylic acids is 1. The van der Waals surface area contributed by atoms with Gasteiger partial charge in [0.15, 0.2) is 0 Å². The molecule has 3 N–H and O–H groups in total. The molecule has 0 saturated heterocycles. The van der Waals surface area contributed by atoms with E-state index < -0.39 is 5.97 Å². The number of aromatic carboxylic acids is 1. The van der Waals surface area contributed by atoms with Crippen LogP contribution in [0.1, 0.15) is 29.3 Å². The minimum atomic E-state index is -0.979. The van der Waals surface area contributed by atoms with Gasteiger partial charge in [0.25, 0.3) is 0 Å². The van der Waals surface area contributed by atoms with Gasteiger partial charge in [-0.1, -0.05) is 6.92 Å². The second-order valence-corrected chi connectivity index (χ2v) is 3.95. The zero-order valence-electron chi connectivity index (χ0n) is 9.95. The van der Waals surface area contributed by atoms with Crippen LogP contribution in [0, 0.1) is 6.92 Å². The van der Waals surface area contributed by atoms with Crippen molar-refractivity contribution in [2.24, 2.45) is 0 Å². The fraction of sp³-hybridized carbons (Fsp3) is 0.417. The van der Waals surface area contributed by atoms with Gasteiger partial charge in [0.05, 0.1) is 5.56 Å². The van der Waals surface area contributed by atoms with Gasteiger partial charge in [0, 0.05) is 25.0 Å². The Morgan fingerprint density at radius 2 is 2.12 bits per heavy atom. The SMILES string of the molecule is CCCN(C)c1cc(C)c(N)c(C(=O)O)c1. The number of nitrogen functional groups attached to an aromatic ring is 1. The fourth-order valence-electron chi connectivity index (χ4n) is 1.64. The third-order valence-electron chi connectivity index (χ3n) is 2.60. The van der Waals surface area contributed by atoms with Crippen LogP contribution in [0.25, 0.3) is 0 Å². The van der Waals surface area contributed by atoms with E-state index in [-0.39, 0.29) is 5.56 Å². The maximum absolute atomic E-state index is 11.0. The van der Waals surface area contributed by atoms with Crippen LogP contribution < -0.4 is 10.6 Å². The van der Waals surface area contributed by atoms with E-state index in [2.05, 4.69) is 6.92 Å². The maximum atomic E-state index is 11.0. The van der Waals surface area contributed by atoms with Gasteiger partial charge in [-0.05, 0) is 31.0 Å². The molecule has 4 heteroatoms. The highest BCUT2D eigenvalue weighted by molar-refractivity contribution is 5.95. The zero-order chi connectivity index (χ0) is 12.3. The van der Waals surface area contributed by atoms with E-state index in [0.29, 0.717) is 5.69 Å². The van der Waals surface area contributed by atoms with Crippen LogP contribution in [0.5, 0.6) is 0 Å². The summed E-state index contributed by atoms with van der Waals surface area (Å²) in [5, 5.41) is 9.03. The third kappa shape index (κ3) is 2.45. The van der Waals surface area contributed by atoms with Crippen molar-refractivity contribution < 1.29 is 9.90 Å². The molecule has 0 unspecified atom stereocenters. The van der Waals surface area contributed by atoms with E-state index in [0.717, 1.165) is 24.2 Å². The molecule has 0 aromatic heterocycles. The second-order valence-electron chi connectivity index (χ2n) is 3.95. The van der Waals surface area contributed by atoms with E-state index in [1.54, 1.807) is 6.07 Å². The van der Waals surface area contributed by atoms with Crippen LogP contribution in [0.2, 0.25) is 0 Å². The molecule has 0 amide bonds. The van der Waals surface area contributed by atoms with Gasteiger partial charge in [-0.15, -0.1) is 0 Å². The molecule has 0 aliphatic heterocycles. The quantitative estimate of drug-likeness (QED) is 0.766. The predicted octanol–water partition coefficient (Wildman–Crippen LogP) is 2.12. The van der Waals surface area contributed by atoms with Crippen molar-refractivity contribution in [2.45, 2.75) is 20.3 Å². The van der Waals surface area contributed by atoms with Crippen LogP contribution in [0.4, 0.5) is 11.4 Å². The molecule has 0 radical (unpaired) electrons. The van der Waals surface area contributed by atoms with E-state index in [1.807, 2.05) is 24.9 Å². The van der Waals surface area contributed by atoms with E-state index in [4.69, 9.17) is 10.8 Å². The number of carboxylic acid groups (broad SMARTS) is 1. The number of carbonyl (C=O) groups is 1. The number of rotatable bonds is 4. The molecular formula is C12H18N2O2. The number of benzene rings is 1. The van der Waals surface area contributed by atoms with Crippen molar-refractivity contribution in [3.05, 3.63) is 23.3 Å². The highest BCUT2D eigenvalue weighted by Crippen LogP contribution is 2.24. The highest BCUT2D eigenvalue weighted by atomic mass is 16.4. The Kier molecular flexibility index (Phi) is 3.77. The normalized spacial score (nSPS) is 10.2. The van der Waals surface area contributed by atoms with E-state index in [9.17, 15) is 4.79 Å². The first-order valence-corrected chi connectivity index (χ1v) is 5.32. The van der Waals surface area contributed by atoms with E-state index >= 15 is 0 Å². The van der Waals surface area contributed by atoms with Gasteiger partial charge >= 0.3 is 5.97 Å². The molecule has 0 aliphatic rings. The lowest BCUT2D eigenvalue weighted by molar-refractivity contribution is 0.0698. The van der Waals surface area contributed by atoms with Crippen molar-refractivity contribution in [2.75, 3.05) is 24.2 Å². The predicted molar refractivity (Wildman–Crippen MR) is 66.1 cm³/mol. The zero-order valence-corrected chi connectivity index (χ0v) is 9.95. The molecule has 0 spiro atoms. The Balaban J connectivity index is 3.18. The summed E-state index contributed by atoms with van der Waals surface area (Å²) in [6.45, 7) is 4.80. The molecule has 0 atom stereocenters. The van der Waals surface area contributed by atoms with Crippen molar-refractivity contribution in [1.82, 2.24) is 0 Å². The van der Waals surface area contributed by atoms with Gasteiger partial charge < -0.3 is 15.7 Å². The number of nitrogens with zero attached hydrogens (tertiary/aromatic N) is 1. The molecule has 0 saturated carbocycles. The summed E-state index contributed by atoms with van der Waals surface area (Å²) < 4.78 is 0. The average Bonchev–Trinajstić information content (AvgIpc) is 2.21. The Morgan fingerprint density at radius 1 is 1.50 bits per heavy atom. The molecule has 16 heavy (non-hydrogen) atoms. The van der Waals surface area contributed by atoms with Gasteiger partial charge in [-0.3, -0.25) is 0 Å². The van der Waals surface area contributed by atoms with Gasteiger partial charge in [0.1, 0.15) is 0 Å². The fourth-order valence-corrected chi connectivity index (χ4v) is 1.64. The van der Waals surface area contributed by atoms with Crippen molar-refractivity contribution in [1.29, 1.82) is 0 Å². The average molecular weight is 222 g/mol. The molecule has 1 rings (SSSR count). The van der Waals surface area contributed by atoms with Crippen molar-refractivity contribution >= 4 is 17.3 Å². The number of aryl methyl sites for hydroxylation is 1. The largest absolute Gasteiger partial charge is 0.478 e. The molecule has 1 aromatic rings. The summed E-state index contributed by atoms with van der Waals surface area (Å²) in [7, 11) is 1.94. The molecule has 88 valence electrons. The third-order valence-corrected chi connectivity index (χ3v) is 2.60. The molecule has 0 fully saturated rings. The van der Waals surface area contributed by atoms with Crippen LogP contribution in [-0.2, 0) is 0 Å². The minimum Gasteiger partial charge on any atom is -0.478 e. The summed E-state index contributed by atoms with van der Waals surface area (Å²) in [5.74, 6) is -0.979. The summed E-state index contributed by atoms with van der Waals surface area (Å²) in [5.41, 5.74) is 7.95. The monoisotopic (exact) mass is 222 g/mol. The lowest BCUT2D eigenvalue weighted by atomic mass is 10.1. The number of nitrogens with two attached hydrogens (primary N) is 1. The first kappa shape index (κ1) is 12.4. The standard InChI is InChI=1S/C12H18N2O2/c1-4-5-14(3)9-6-8(2)11(13)10(7-9)12(15)16/h6-7H,4-5,13H2,1-3H3,(H,15,16). The van der Waals surface area contributed by atoms with Crippen molar-refractivity contribution in [3.8, 4) is 0 Å². The summed E-state index contributed by atoms with van der Waals surface area (Å²) in [6, 6.07) is 3.54. The smallest absolute Gasteiger partial charge is 0.337 e. The summed E-state index contributed by atoms with van der Waals surface area (Å²) in [6.07, 6.45) is 1.02. The molecule has 0 bridgehead atoms. The second kappa shape index (κ2) is 4.88. The number of hydrogen-bond acceptors (Lipinski definition) is 3. The van der Waals surface area contributed by atoms with Crippen LogP contribution in [0.3, 0.4) is 0 Å². The number of hydrogen-bond donors (Lipinski definition) is 2. The van der Waals surface area contributed by atoms with Gasteiger partial charge in [-0.25, -0.2) is 4.79 Å². The first-order valence-electron chi connectivity index (χ1n) is 5.32. The maximum Gasteiger partial charge on any atom is 0.337 e. The molecule has 1 aromatic carbocycles. The minimum absolute atomic E-state index is 0.179. The van der Waals surface area contributed by atoms with Gasteiger partial charge in [-0.2, -0.15) is 0 Å². The summed E-state index contributed by atoms with van der Waals surface area (Å²) in [4.78, 5) is 13.0. The Bertz CT molecular complexity index is 402. The topological polar surface area (TPSA) is 66.6 Å². The Morgan fingerprint density at radius 3 is 2.62 bits per heavy atom.